The summed E-state index contributed by atoms with van der Waals surface area (Å²) in [7, 11) is 0. The third-order valence-corrected chi connectivity index (χ3v) is 4.32. The maximum Gasteiger partial charge on any atom is 0.309 e. The van der Waals surface area contributed by atoms with Crippen molar-refractivity contribution in [2.75, 3.05) is 31.6 Å². The molecule has 0 atom stereocenters. The van der Waals surface area contributed by atoms with Crippen LogP contribution < -0.4 is 5.32 Å². The Labute approximate surface area is 143 Å². The number of hydrogen-bond donors (Lipinski definition) is 1. The van der Waals surface area contributed by atoms with E-state index in [4.69, 9.17) is 4.74 Å². The Morgan fingerprint density at radius 3 is 2.70 bits per heavy atom. The third-order valence-electron chi connectivity index (χ3n) is 3.83. The van der Waals surface area contributed by atoms with Gasteiger partial charge in [0.25, 0.3) is 0 Å². The van der Waals surface area contributed by atoms with Crippen LogP contribution in [0.2, 0.25) is 0 Å². The molecule has 1 heterocycles. The summed E-state index contributed by atoms with van der Waals surface area (Å²) in [6.07, 6.45) is 1.22. The van der Waals surface area contributed by atoms with Crippen LogP contribution in [0.15, 0.2) is 22.7 Å². The fourth-order valence-corrected chi connectivity index (χ4v) is 2.87. The van der Waals surface area contributed by atoms with Crippen LogP contribution in [-0.2, 0) is 14.3 Å². The van der Waals surface area contributed by atoms with E-state index in [0.29, 0.717) is 42.7 Å². The highest BCUT2D eigenvalue weighted by molar-refractivity contribution is 9.10. The summed E-state index contributed by atoms with van der Waals surface area (Å²) in [5, 5.41) is 2.81. The largest absolute Gasteiger partial charge is 0.466 e. The quantitative estimate of drug-likeness (QED) is 0.790. The van der Waals surface area contributed by atoms with Crippen LogP contribution in [0, 0.1) is 11.7 Å². The molecule has 7 heteroatoms. The molecule has 126 valence electrons. The van der Waals surface area contributed by atoms with Gasteiger partial charge in [-0.15, -0.1) is 0 Å². The van der Waals surface area contributed by atoms with Crippen molar-refractivity contribution in [2.45, 2.75) is 19.8 Å². The van der Waals surface area contributed by atoms with Crippen molar-refractivity contribution in [3.8, 4) is 0 Å². The van der Waals surface area contributed by atoms with Crippen LogP contribution in [0.4, 0.5) is 10.1 Å². The van der Waals surface area contributed by atoms with Gasteiger partial charge in [0.15, 0.2) is 0 Å². The van der Waals surface area contributed by atoms with Gasteiger partial charge in [-0.05, 0) is 38.0 Å². The lowest BCUT2D eigenvalue weighted by atomic mass is 9.97. The van der Waals surface area contributed by atoms with E-state index < -0.39 is 5.82 Å². The molecule has 1 aromatic carbocycles. The zero-order chi connectivity index (χ0) is 16.8. The predicted molar refractivity (Wildman–Crippen MR) is 88.5 cm³/mol. The molecule has 5 nitrogen and oxygen atoms in total. The molecule has 0 bridgehead atoms. The molecule has 1 fully saturated rings. The molecule has 0 spiro atoms. The van der Waals surface area contributed by atoms with E-state index in [1.54, 1.807) is 24.0 Å². The summed E-state index contributed by atoms with van der Waals surface area (Å²) in [6, 6.07) is 4.64. The number of esters is 1. The second-order valence-corrected chi connectivity index (χ2v) is 6.30. The second-order valence-electron chi connectivity index (χ2n) is 5.38. The van der Waals surface area contributed by atoms with E-state index >= 15 is 0 Å². The molecule has 1 saturated heterocycles. The maximum atomic E-state index is 13.7. The molecular weight excluding hydrogens is 367 g/mol. The van der Waals surface area contributed by atoms with E-state index in [0.717, 1.165) is 0 Å². The zero-order valence-electron chi connectivity index (χ0n) is 13.0. The van der Waals surface area contributed by atoms with Crippen LogP contribution in [0.1, 0.15) is 19.8 Å². The number of carbonyl (C=O) groups excluding carboxylic acids is 2. The van der Waals surface area contributed by atoms with Gasteiger partial charge in [-0.3, -0.25) is 9.59 Å². The number of benzene rings is 1. The smallest absolute Gasteiger partial charge is 0.309 e. The lowest BCUT2D eigenvalue weighted by molar-refractivity contribution is -0.151. The average molecular weight is 387 g/mol. The van der Waals surface area contributed by atoms with E-state index in [1.165, 1.54) is 6.07 Å². The minimum Gasteiger partial charge on any atom is -0.466 e. The Hall–Kier alpha value is -1.63. The molecule has 0 saturated carbocycles. The van der Waals surface area contributed by atoms with E-state index in [2.05, 4.69) is 21.2 Å². The monoisotopic (exact) mass is 386 g/mol. The van der Waals surface area contributed by atoms with Gasteiger partial charge in [0.2, 0.25) is 5.91 Å². The third kappa shape index (κ3) is 4.92. The minimum atomic E-state index is -0.409. The Balaban J connectivity index is 1.80. The summed E-state index contributed by atoms with van der Waals surface area (Å²) in [5.74, 6) is -0.826. The molecule has 1 N–H and O–H groups in total. The van der Waals surface area contributed by atoms with Crippen molar-refractivity contribution in [2.24, 2.45) is 5.92 Å². The summed E-state index contributed by atoms with van der Waals surface area (Å²) in [5.41, 5.74) is 0.294. The molecule has 0 aromatic heterocycles. The molecule has 0 aliphatic carbocycles. The normalized spacial score (nSPS) is 15.3. The van der Waals surface area contributed by atoms with Crippen LogP contribution in [0.3, 0.4) is 0 Å². The van der Waals surface area contributed by atoms with Gasteiger partial charge < -0.3 is 15.0 Å². The van der Waals surface area contributed by atoms with Crippen LogP contribution in [0.5, 0.6) is 0 Å². The van der Waals surface area contributed by atoms with Crippen molar-refractivity contribution < 1.29 is 18.7 Å². The van der Waals surface area contributed by atoms with Gasteiger partial charge in [-0.2, -0.15) is 0 Å². The summed E-state index contributed by atoms with van der Waals surface area (Å²) in [6.45, 7) is 3.23. The lowest BCUT2D eigenvalue weighted by Gasteiger charge is -2.31. The zero-order valence-corrected chi connectivity index (χ0v) is 14.6. The first-order valence-electron chi connectivity index (χ1n) is 7.64. The number of nitrogens with zero attached hydrogens (tertiary/aromatic N) is 1. The number of hydrogen-bond acceptors (Lipinski definition) is 4. The molecule has 23 heavy (non-hydrogen) atoms. The van der Waals surface area contributed by atoms with Gasteiger partial charge in [0, 0.05) is 17.6 Å². The Morgan fingerprint density at radius 2 is 2.09 bits per heavy atom. The van der Waals surface area contributed by atoms with Crippen LogP contribution in [0.25, 0.3) is 0 Å². The molecule has 1 aromatic rings. The van der Waals surface area contributed by atoms with Crippen molar-refractivity contribution in [3.05, 3.63) is 28.5 Å². The van der Waals surface area contributed by atoms with Crippen molar-refractivity contribution in [1.82, 2.24) is 4.90 Å². The van der Waals surface area contributed by atoms with Gasteiger partial charge in [-0.25, -0.2) is 4.39 Å². The lowest BCUT2D eigenvalue weighted by Crippen LogP contribution is -2.43. The van der Waals surface area contributed by atoms with Gasteiger partial charge in [0.05, 0.1) is 24.8 Å². The number of anilines is 1. The predicted octanol–water partition coefficient (Wildman–Crippen LogP) is 2.80. The molecule has 1 aliphatic rings. The van der Waals surface area contributed by atoms with Gasteiger partial charge >= 0.3 is 5.97 Å². The number of likely N-dealkylation sites (tertiary alicyclic amines) is 1. The SMILES string of the molecule is CCOC(=O)C1CCN(C(=O)CNc2ccc(Br)cc2F)CC1. The van der Waals surface area contributed by atoms with E-state index in [9.17, 15) is 14.0 Å². The first-order valence-corrected chi connectivity index (χ1v) is 8.44. The number of piperidine rings is 1. The fraction of sp³-hybridized carbons (Fsp3) is 0.500. The van der Waals surface area contributed by atoms with Crippen LogP contribution >= 0.6 is 15.9 Å². The summed E-state index contributed by atoms with van der Waals surface area (Å²) in [4.78, 5) is 25.5. The number of carbonyl (C=O) groups is 2. The number of nitrogens with one attached hydrogen (secondary N) is 1. The van der Waals surface area contributed by atoms with Gasteiger partial charge in [-0.1, -0.05) is 15.9 Å². The standard InChI is InChI=1S/C16H20BrFN2O3/c1-2-23-16(22)11-5-7-20(8-6-11)15(21)10-19-14-4-3-12(17)9-13(14)18/h3-4,9,11,19H,2,5-8,10H2,1H3. The van der Waals surface area contributed by atoms with E-state index in [1.807, 2.05) is 0 Å². The highest BCUT2D eigenvalue weighted by Crippen LogP contribution is 2.21. The van der Waals surface area contributed by atoms with Crippen molar-refractivity contribution >= 4 is 33.5 Å². The fourth-order valence-electron chi connectivity index (χ4n) is 2.54. The molecule has 0 unspecified atom stereocenters. The molecule has 2 rings (SSSR count). The highest BCUT2D eigenvalue weighted by Gasteiger charge is 2.28. The highest BCUT2D eigenvalue weighted by atomic mass is 79.9. The molecule has 0 radical (unpaired) electrons. The summed E-state index contributed by atoms with van der Waals surface area (Å²) < 4.78 is 19.3. The average Bonchev–Trinajstić information content (AvgIpc) is 2.54. The Morgan fingerprint density at radius 1 is 1.39 bits per heavy atom. The van der Waals surface area contributed by atoms with E-state index in [-0.39, 0.29) is 24.3 Å². The second kappa shape index (κ2) is 8.29. The first kappa shape index (κ1) is 17.7. The Bertz CT molecular complexity index is 574. The molecular formula is C16H20BrFN2O3. The van der Waals surface area contributed by atoms with Crippen LogP contribution in [-0.4, -0.2) is 43.0 Å². The Kier molecular flexibility index (Phi) is 6.38. The summed E-state index contributed by atoms with van der Waals surface area (Å²) >= 11 is 3.19. The van der Waals surface area contributed by atoms with Crippen molar-refractivity contribution in [1.29, 1.82) is 0 Å². The molecule has 1 amide bonds. The van der Waals surface area contributed by atoms with Crippen molar-refractivity contribution in [3.63, 3.8) is 0 Å². The topological polar surface area (TPSA) is 58.6 Å². The number of halogens is 2. The number of ether oxygens (including phenoxy) is 1. The first-order chi connectivity index (χ1) is 11.0. The molecule has 1 aliphatic heterocycles. The number of amides is 1. The number of rotatable bonds is 5. The van der Waals surface area contributed by atoms with Gasteiger partial charge in [0.1, 0.15) is 5.82 Å². The maximum absolute atomic E-state index is 13.7. The minimum absolute atomic E-state index is 0.0304.